The molecule has 1 aliphatic rings. The number of hydrogen-bond acceptors (Lipinski definition) is 6. The molecule has 1 atom stereocenters. The highest BCUT2D eigenvalue weighted by atomic mass is 16.1. The van der Waals surface area contributed by atoms with Crippen molar-refractivity contribution in [2.45, 2.75) is 13.0 Å². The van der Waals surface area contributed by atoms with Gasteiger partial charge in [-0.3, -0.25) is 4.79 Å². The molecule has 0 aliphatic carbocycles. The van der Waals surface area contributed by atoms with E-state index in [0.717, 1.165) is 22.3 Å². The van der Waals surface area contributed by atoms with Crippen LogP contribution in [0.4, 0.5) is 11.6 Å². The number of aryl methyl sites for hydroxylation is 1. The van der Waals surface area contributed by atoms with Gasteiger partial charge >= 0.3 is 0 Å². The Balaban J connectivity index is 1.83. The number of tetrazole rings is 1. The van der Waals surface area contributed by atoms with Crippen LogP contribution in [0.5, 0.6) is 0 Å². The largest absolute Gasteiger partial charge is 0.318 e. The summed E-state index contributed by atoms with van der Waals surface area (Å²) >= 11 is 0. The molecule has 0 saturated carbocycles. The average Bonchev–Trinajstić information content (AvgIpc) is 3.17. The summed E-state index contributed by atoms with van der Waals surface area (Å²) < 4.78 is 1.68. The van der Waals surface area contributed by atoms with Gasteiger partial charge in [-0.05, 0) is 22.9 Å². The lowest BCUT2D eigenvalue weighted by Gasteiger charge is -2.27. The van der Waals surface area contributed by atoms with E-state index in [4.69, 9.17) is 0 Å². The van der Waals surface area contributed by atoms with E-state index in [0.29, 0.717) is 17.3 Å². The third-order valence-corrected chi connectivity index (χ3v) is 4.71. The summed E-state index contributed by atoms with van der Waals surface area (Å²) in [7, 11) is 0. The fraction of sp³-hybridized carbons (Fsp3) is 0.105. The van der Waals surface area contributed by atoms with Crippen LogP contribution in [0.25, 0.3) is 11.3 Å². The minimum Gasteiger partial charge on any atom is -0.318 e. The lowest BCUT2D eigenvalue weighted by atomic mass is 9.92. The highest BCUT2D eigenvalue weighted by molar-refractivity contribution is 5.75. The number of aromatic nitrogens is 6. The van der Waals surface area contributed by atoms with Gasteiger partial charge in [-0.15, -0.1) is 0 Å². The number of nitrogens with one attached hydrogen (secondary N) is 2. The topological polar surface area (TPSA) is 101 Å². The number of hydrogen-bond donors (Lipinski definition) is 2. The molecule has 3 heterocycles. The van der Waals surface area contributed by atoms with Crippen molar-refractivity contribution < 1.29 is 0 Å². The summed E-state index contributed by atoms with van der Waals surface area (Å²) in [4.78, 5) is 12.6. The summed E-state index contributed by atoms with van der Waals surface area (Å²) in [5, 5.41) is 21.9. The van der Waals surface area contributed by atoms with Crippen LogP contribution < -0.4 is 10.9 Å². The summed E-state index contributed by atoms with van der Waals surface area (Å²) in [6.07, 6.45) is 0. The van der Waals surface area contributed by atoms with E-state index in [1.165, 1.54) is 0 Å². The van der Waals surface area contributed by atoms with Gasteiger partial charge in [-0.25, -0.2) is 5.10 Å². The second-order valence-electron chi connectivity index (χ2n) is 6.44. The van der Waals surface area contributed by atoms with Crippen LogP contribution in [0.2, 0.25) is 0 Å². The number of aromatic amines is 1. The molecule has 132 valence electrons. The second-order valence-corrected chi connectivity index (χ2v) is 6.44. The summed E-state index contributed by atoms with van der Waals surface area (Å²) in [5.74, 6) is 0.420. The molecule has 0 radical (unpaired) electrons. The van der Waals surface area contributed by atoms with Crippen LogP contribution in [0.1, 0.15) is 22.7 Å². The van der Waals surface area contributed by atoms with Crippen LogP contribution in [0.15, 0.2) is 59.4 Å². The van der Waals surface area contributed by atoms with E-state index >= 15 is 0 Å². The van der Waals surface area contributed by atoms with Crippen LogP contribution in [-0.2, 0) is 0 Å². The van der Waals surface area contributed by atoms with Crippen molar-refractivity contribution in [1.29, 1.82) is 0 Å². The second kappa shape index (κ2) is 5.87. The number of nitrogens with zero attached hydrogens (tertiary/aromatic N) is 5. The van der Waals surface area contributed by atoms with Gasteiger partial charge < -0.3 is 5.32 Å². The Labute approximate surface area is 153 Å². The quantitative estimate of drug-likeness (QED) is 0.503. The maximum atomic E-state index is 12.6. The van der Waals surface area contributed by atoms with Crippen molar-refractivity contribution in [2.24, 2.45) is 0 Å². The normalized spacial score (nSPS) is 14.9. The molecule has 2 aromatic carbocycles. The van der Waals surface area contributed by atoms with Crippen LogP contribution in [-0.4, -0.2) is 30.4 Å². The minimum absolute atomic E-state index is 0.309. The number of benzene rings is 2. The average molecular weight is 357 g/mol. The van der Waals surface area contributed by atoms with Crippen molar-refractivity contribution in [1.82, 2.24) is 30.4 Å². The molecular formula is C19H15N7O. The summed E-state index contributed by atoms with van der Waals surface area (Å²) in [6.45, 7) is 2.03. The molecular weight excluding hydrogens is 342 g/mol. The molecule has 0 saturated heterocycles. The molecule has 5 rings (SSSR count). The van der Waals surface area contributed by atoms with Gasteiger partial charge in [0, 0.05) is 11.1 Å². The Kier molecular flexibility index (Phi) is 3.36. The van der Waals surface area contributed by atoms with Gasteiger partial charge in [0.05, 0.1) is 5.69 Å². The van der Waals surface area contributed by atoms with Crippen molar-refractivity contribution in [3.63, 3.8) is 0 Å². The van der Waals surface area contributed by atoms with Crippen molar-refractivity contribution in [3.8, 4) is 11.3 Å². The van der Waals surface area contributed by atoms with Crippen molar-refractivity contribution in [2.75, 3.05) is 5.32 Å². The maximum absolute atomic E-state index is 12.6. The lowest BCUT2D eigenvalue weighted by Crippen LogP contribution is -2.29. The van der Waals surface area contributed by atoms with E-state index in [1.807, 2.05) is 61.5 Å². The highest BCUT2D eigenvalue weighted by Gasteiger charge is 2.34. The van der Waals surface area contributed by atoms with E-state index in [1.54, 1.807) is 4.68 Å². The van der Waals surface area contributed by atoms with Crippen molar-refractivity contribution >= 4 is 11.6 Å². The first-order valence-electron chi connectivity index (χ1n) is 8.52. The van der Waals surface area contributed by atoms with E-state index in [9.17, 15) is 4.79 Å². The number of H-pyrrole nitrogens is 1. The Morgan fingerprint density at radius 2 is 1.81 bits per heavy atom. The molecule has 0 spiro atoms. The summed E-state index contributed by atoms with van der Waals surface area (Å²) in [6, 6.07) is 17.5. The molecule has 8 nitrogen and oxygen atoms in total. The number of anilines is 2. The molecule has 8 heteroatoms. The van der Waals surface area contributed by atoms with E-state index in [2.05, 4.69) is 31.0 Å². The molecule has 4 aromatic rings. The monoisotopic (exact) mass is 357 g/mol. The van der Waals surface area contributed by atoms with Crippen LogP contribution >= 0.6 is 0 Å². The lowest BCUT2D eigenvalue weighted by molar-refractivity contribution is 0.567. The van der Waals surface area contributed by atoms with E-state index < -0.39 is 0 Å². The first kappa shape index (κ1) is 15.4. The van der Waals surface area contributed by atoms with Gasteiger partial charge in [-0.2, -0.15) is 9.78 Å². The first-order valence-corrected chi connectivity index (χ1v) is 8.52. The van der Waals surface area contributed by atoms with E-state index in [-0.39, 0.29) is 11.6 Å². The Morgan fingerprint density at radius 3 is 2.59 bits per heavy atom. The predicted molar refractivity (Wildman–Crippen MR) is 99.8 cm³/mol. The van der Waals surface area contributed by atoms with Gasteiger partial charge in [0.1, 0.15) is 11.7 Å². The number of fused-ring (bicyclic) bond motifs is 2. The van der Waals surface area contributed by atoms with Gasteiger partial charge in [-0.1, -0.05) is 65.3 Å². The highest BCUT2D eigenvalue weighted by Crippen LogP contribution is 2.40. The summed E-state index contributed by atoms with van der Waals surface area (Å²) in [5.41, 5.74) is 4.56. The third kappa shape index (κ3) is 2.42. The maximum Gasteiger partial charge on any atom is 0.288 e. The van der Waals surface area contributed by atoms with Gasteiger partial charge in [0.15, 0.2) is 0 Å². The Hall–Kier alpha value is -3.81. The molecule has 0 bridgehead atoms. The predicted octanol–water partition coefficient (Wildman–Crippen LogP) is 2.43. The zero-order valence-electron chi connectivity index (χ0n) is 14.4. The van der Waals surface area contributed by atoms with Crippen LogP contribution in [0, 0.1) is 6.92 Å². The standard InChI is InChI=1S/C19H15N7O/c1-11-7-9-13(10-8-11)17-14-15(12-5-3-2-4-6-12)21-22-18(27)16(14)20-19-23-24-25-26(17)19/h2-10,17H,1H3,(H,22,27)(H,20,23,25)/t17-/m0/s1. The zero-order valence-corrected chi connectivity index (χ0v) is 14.4. The Bertz CT molecular complexity index is 1180. The molecule has 1 aliphatic heterocycles. The van der Waals surface area contributed by atoms with Crippen molar-refractivity contribution in [3.05, 3.63) is 81.6 Å². The third-order valence-electron chi connectivity index (χ3n) is 4.71. The molecule has 0 amide bonds. The van der Waals surface area contributed by atoms with Gasteiger partial charge in [0.25, 0.3) is 5.56 Å². The fourth-order valence-electron chi connectivity index (χ4n) is 3.41. The van der Waals surface area contributed by atoms with Gasteiger partial charge in [0.2, 0.25) is 5.95 Å². The molecule has 27 heavy (non-hydrogen) atoms. The fourth-order valence-corrected chi connectivity index (χ4v) is 3.41. The molecule has 2 N–H and O–H groups in total. The smallest absolute Gasteiger partial charge is 0.288 e. The molecule has 0 unspecified atom stereocenters. The molecule has 0 fully saturated rings. The zero-order chi connectivity index (χ0) is 18.4. The van der Waals surface area contributed by atoms with Crippen LogP contribution in [0.3, 0.4) is 0 Å². The first-order chi connectivity index (χ1) is 13.2. The SMILES string of the molecule is Cc1ccc([C@H]2c3c(-c4ccccc4)n[nH]c(=O)c3Nc3nnnn32)cc1. The molecule has 2 aromatic heterocycles. The Morgan fingerprint density at radius 1 is 1.04 bits per heavy atom. The number of rotatable bonds is 2. The minimum atomic E-state index is -0.364.